The van der Waals surface area contributed by atoms with E-state index < -0.39 is 6.04 Å². The zero-order valence-electron chi connectivity index (χ0n) is 18.7. The van der Waals surface area contributed by atoms with Crippen LogP contribution < -0.4 is 10.1 Å². The van der Waals surface area contributed by atoms with Gasteiger partial charge in [0.2, 0.25) is 5.91 Å². The highest BCUT2D eigenvalue weighted by molar-refractivity contribution is 6.42. The van der Waals surface area contributed by atoms with Crippen molar-refractivity contribution < 1.29 is 14.3 Å². The van der Waals surface area contributed by atoms with E-state index in [1.165, 1.54) is 4.90 Å². The molecule has 0 aliphatic rings. The summed E-state index contributed by atoms with van der Waals surface area (Å²) in [5.41, 5.74) is 2.88. The number of benzene rings is 2. The van der Waals surface area contributed by atoms with Gasteiger partial charge in [-0.2, -0.15) is 0 Å². The standard InChI is InChI=1S/C24H30Cl2N2O3/c1-15(2)12-27-24(30)18(5)28(13-19-6-7-21(25)22(26)11-19)23(29)14-31-20-9-16(3)8-17(4)10-20/h6-11,15,18H,12-14H2,1-5H3,(H,27,30). The Kier molecular flexibility index (Phi) is 9.20. The quantitative estimate of drug-likeness (QED) is 0.555. The molecule has 0 saturated carbocycles. The summed E-state index contributed by atoms with van der Waals surface area (Å²) in [5.74, 6) is 0.423. The van der Waals surface area contributed by atoms with Crippen molar-refractivity contribution >= 4 is 35.0 Å². The minimum atomic E-state index is -0.677. The molecule has 0 bridgehead atoms. The number of rotatable bonds is 9. The minimum Gasteiger partial charge on any atom is -0.484 e. The lowest BCUT2D eigenvalue weighted by molar-refractivity contribution is -0.142. The predicted octanol–water partition coefficient (Wildman–Crippen LogP) is 5.18. The molecule has 0 aromatic heterocycles. The molecule has 7 heteroatoms. The van der Waals surface area contributed by atoms with Crippen molar-refractivity contribution in [1.82, 2.24) is 10.2 Å². The Bertz CT molecular complexity index is 911. The molecule has 168 valence electrons. The number of nitrogens with one attached hydrogen (secondary N) is 1. The monoisotopic (exact) mass is 464 g/mol. The maximum atomic E-state index is 13.1. The number of hydrogen-bond donors (Lipinski definition) is 1. The van der Waals surface area contributed by atoms with Gasteiger partial charge in [-0.25, -0.2) is 0 Å². The van der Waals surface area contributed by atoms with Gasteiger partial charge in [-0.05, 0) is 67.6 Å². The first kappa shape index (κ1) is 25.0. The Balaban J connectivity index is 2.18. The molecule has 0 spiro atoms. The fraction of sp³-hybridized carbons (Fsp3) is 0.417. The summed E-state index contributed by atoms with van der Waals surface area (Å²) < 4.78 is 5.75. The van der Waals surface area contributed by atoms with Crippen LogP contribution in [0.4, 0.5) is 0 Å². The van der Waals surface area contributed by atoms with Gasteiger partial charge in [0.15, 0.2) is 6.61 Å². The van der Waals surface area contributed by atoms with E-state index in [0.29, 0.717) is 28.3 Å². The third-order valence-electron chi connectivity index (χ3n) is 4.75. The molecule has 0 radical (unpaired) electrons. The number of hydrogen-bond acceptors (Lipinski definition) is 3. The third-order valence-corrected chi connectivity index (χ3v) is 5.49. The summed E-state index contributed by atoms with van der Waals surface area (Å²) in [6.07, 6.45) is 0. The second-order valence-electron chi connectivity index (χ2n) is 8.20. The van der Waals surface area contributed by atoms with E-state index in [-0.39, 0.29) is 25.0 Å². The predicted molar refractivity (Wildman–Crippen MR) is 126 cm³/mol. The zero-order chi connectivity index (χ0) is 23.1. The van der Waals surface area contributed by atoms with Crippen LogP contribution >= 0.6 is 23.2 Å². The number of ether oxygens (including phenoxy) is 1. The molecule has 2 aromatic rings. The highest BCUT2D eigenvalue weighted by atomic mass is 35.5. The molecule has 2 aromatic carbocycles. The van der Waals surface area contributed by atoms with Crippen LogP contribution in [0.3, 0.4) is 0 Å². The zero-order valence-corrected chi connectivity index (χ0v) is 20.2. The van der Waals surface area contributed by atoms with Crippen molar-refractivity contribution in [2.45, 2.75) is 47.2 Å². The van der Waals surface area contributed by atoms with Gasteiger partial charge in [-0.15, -0.1) is 0 Å². The lowest BCUT2D eigenvalue weighted by atomic mass is 10.1. The first-order valence-electron chi connectivity index (χ1n) is 10.3. The normalized spacial score (nSPS) is 11.9. The number of carbonyl (C=O) groups excluding carboxylic acids is 2. The number of halogens is 2. The first-order valence-corrected chi connectivity index (χ1v) is 11.0. The van der Waals surface area contributed by atoms with Gasteiger partial charge in [0.1, 0.15) is 11.8 Å². The molecule has 0 heterocycles. The Hall–Kier alpha value is -2.24. The number of amides is 2. The average molecular weight is 465 g/mol. The molecular formula is C24H30Cl2N2O3. The van der Waals surface area contributed by atoms with Crippen LogP contribution in [0.1, 0.15) is 37.5 Å². The van der Waals surface area contributed by atoms with E-state index >= 15 is 0 Å². The largest absolute Gasteiger partial charge is 0.484 e. The minimum absolute atomic E-state index is 0.175. The summed E-state index contributed by atoms with van der Waals surface area (Å²) in [6, 6.07) is 10.3. The van der Waals surface area contributed by atoms with Crippen molar-refractivity contribution in [3.8, 4) is 5.75 Å². The summed E-state index contributed by atoms with van der Waals surface area (Å²) in [5, 5.41) is 3.72. The number of nitrogens with zero attached hydrogens (tertiary/aromatic N) is 1. The fourth-order valence-corrected chi connectivity index (χ4v) is 3.43. The van der Waals surface area contributed by atoms with Crippen molar-refractivity contribution in [3.63, 3.8) is 0 Å². The summed E-state index contributed by atoms with van der Waals surface area (Å²) in [6.45, 7) is 10.3. The summed E-state index contributed by atoms with van der Waals surface area (Å²) in [7, 11) is 0. The van der Waals surface area contributed by atoms with Gasteiger partial charge in [-0.3, -0.25) is 9.59 Å². The van der Waals surface area contributed by atoms with Crippen LogP contribution in [-0.2, 0) is 16.1 Å². The van der Waals surface area contributed by atoms with Gasteiger partial charge < -0.3 is 15.0 Å². The Morgan fingerprint density at radius 1 is 1.00 bits per heavy atom. The van der Waals surface area contributed by atoms with Crippen molar-refractivity contribution in [1.29, 1.82) is 0 Å². The molecule has 1 unspecified atom stereocenters. The molecule has 0 aliphatic carbocycles. The van der Waals surface area contributed by atoms with E-state index in [1.807, 2.05) is 45.9 Å². The second kappa shape index (κ2) is 11.4. The van der Waals surface area contributed by atoms with Crippen LogP contribution in [0.15, 0.2) is 36.4 Å². The smallest absolute Gasteiger partial charge is 0.261 e. The molecular weight excluding hydrogens is 435 g/mol. The lowest BCUT2D eigenvalue weighted by Gasteiger charge is -2.29. The van der Waals surface area contributed by atoms with E-state index in [0.717, 1.165) is 16.7 Å². The highest BCUT2D eigenvalue weighted by Gasteiger charge is 2.26. The number of carbonyl (C=O) groups is 2. The molecule has 0 saturated heterocycles. The van der Waals surface area contributed by atoms with E-state index in [1.54, 1.807) is 25.1 Å². The van der Waals surface area contributed by atoms with Gasteiger partial charge in [-0.1, -0.05) is 49.2 Å². The molecule has 31 heavy (non-hydrogen) atoms. The van der Waals surface area contributed by atoms with Crippen LogP contribution in [0.5, 0.6) is 5.75 Å². The van der Waals surface area contributed by atoms with E-state index in [2.05, 4.69) is 5.32 Å². The van der Waals surface area contributed by atoms with Gasteiger partial charge >= 0.3 is 0 Å². The summed E-state index contributed by atoms with van der Waals surface area (Å²) >= 11 is 12.1. The Morgan fingerprint density at radius 3 is 2.23 bits per heavy atom. The Morgan fingerprint density at radius 2 is 1.65 bits per heavy atom. The molecule has 1 N–H and O–H groups in total. The second-order valence-corrected chi connectivity index (χ2v) is 9.01. The lowest BCUT2D eigenvalue weighted by Crippen LogP contribution is -2.49. The maximum Gasteiger partial charge on any atom is 0.261 e. The highest BCUT2D eigenvalue weighted by Crippen LogP contribution is 2.24. The van der Waals surface area contributed by atoms with Crippen LogP contribution in [0, 0.1) is 19.8 Å². The fourth-order valence-electron chi connectivity index (χ4n) is 3.11. The van der Waals surface area contributed by atoms with E-state index in [9.17, 15) is 9.59 Å². The SMILES string of the molecule is Cc1cc(C)cc(OCC(=O)N(Cc2ccc(Cl)c(Cl)c2)C(C)C(=O)NCC(C)C)c1. The van der Waals surface area contributed by atoms with E-state index in [4.69, 9.17) is 27.9 Å². The number of aryl methyl sites for hydroxylation is 2. The topological polar surface area (TPSA) is 58.6 Å². The van der Waals surface area contributed by atoms with Gasteiger partial charge in [0.25, 0.3) is 5.91 Å². The van der Waals surface area contributed by atoms with Crippen LogP contribution in [0.2, 0.25) is 10.0 Å². The molecule has 0 fully saturated rings. The maximum absolute atomic E-state index is 13.1. The van der Waals surface area contributed by atoms with Crippen LogP contribution in [-0.4, -0.2) is 35.9 Å². The van der Waals surface area contributed by atoms with Gasteiger partial charge in [0.05, 0.1) is 10.0 Å². The molecule has 5 nitrogen and oxygen atoms in total. The molecule has 1 atom stereocenters. The molecule has 2 amide bonds. The average Bonchev–Trinajstić information content (AvgIpc) is 2.69. The van der Waals surface area contributed by atoms with Crippen molar-refractivity contribution in [2.75, 3.05) is 13.2 Å². The van der Waals surface area contributed by atoms with Gasteiger partial charge in [0, 0.05) is 13.1 Å². The first-order chi connectivity index (χ1) is 14.6. The molecule has 2 rings (SSSR count). The molecule has 0 aliphatic heterocycles. The van der Waals surface area contributed by atoms with Crippen LogP contribution in [0.25, 0.3) is 0 Å². The summed E-state index contributed by atoms with van der Waals surface area (Å²) in [4.78, 5) is 27.3. The van der Waals surface area contributed by atoms with Crippen molar-refractivity contribution in [2.24, 2.45) is 5.92 Å². The Labute approximate surface area is 194 Å². The third kappa shape index (κ3) is 7.75. The van der Waals surface area contributed by atoms with Crippen molar-refractivity contribution in [3.05, 3.63) is 63.1 Å².